The number of rotatable bonds is 12. The van der Waals surface area contributed by atoms with E-state index in [1.807, 2.05) is 18.2 Å². The molecule has 0 aliphatic heterocycles. The molecule has 0 radical (unpaired) electrons. The molecule has 3 aromatic rings. The number of ether oxygens (including phenoxy) is 3. The summed E-state index contributed by atoms with van der Waals surface area (Å²) in [5, 5.41) is 9.03. The van der Waals surface area contributed by atoms with Crippen molar-refractivity contribution in [2.75, 3.05) is 27.9 Å². The first-order valence-corrected chi connectivity index (χ1v) is 11.8. The summed E-state index contributed by atoms with van der Waals surface area (Å²) in [6.07, 6.45) is 1.60. The number of carboxylic acids is 1. The van der Waals surface area contributed by atoms with E-state index in [-0.39, 0.29) is 12.3 Å². The van der Waals surface area contributed by atoms with Crippen LogP contribution in [0.15, 0.2) is 60.7 Å². The molecule has 1 amide bonds. The van der Waals surface area contributed by atoms with Crippen LogP contribution in [0.2, 0.25) is 0 Å². The van der Waals surface area contributed by atoms with E-state index in [1.165, 1.54) is 32.5 Å². The highest BCUT2D eigenvalue weighted by Crippen LogP contribution is 2.38. The maximum Gasteiger partial charge on any atom is 0.307 e. The molecule has 0 aliphatic carbocycles. The first-order valence-electron chi connectivity index (χ1n) is 11.8. The maximum atomic E-state index is 13.7. The third-order valence-corrected chi connectivity index (χ3v) is 5.93. The van der Waals surface area contributed by atoms with Crippen LogP contribution >= 0.6 is 0 Å². The van der Waals surface area contributed by atoms with Gasteiger partial charge in [0.1, 0.15) is 0 Å². The van der Waals surface area contributed by atoms with Crippen LogP contribution in [0.4, 0.5) is 0 Å². The Morgan fingerprint density at radius 1 is 0.833 bits per heavy atom. The number of carbonyl (C=O) groups is 2. The Balaban J connectivity index is 1.85. The summed E-state index contributed by atoms with van der Waals surface area (Å²) in [5.74, 6) is 0.221. The molecule has 0 unspecified atom stereocenters. The molecule has 0 saturated heterocycles. The number of hydrogen-bond donors (Lipinski definition) is 1. The molecular weight excluding hydrogens is 458 g/mol. The predicted molar refractivity (Wildman–Crippen MR) is 138 cm³/mol. The molecule has 0 bridgehead atoms. The van der Waals surface area contributed by atoms with Gasteiger partial charge in [-0.15, -0.1) is 0 Å². The van der Waals surface area contributed by atoms with Crippen molar-refractivity contribution in [2.45, 2.75) is 32.7 Å². The Morgan fingerprint density at radius 2 is 1.47 bits per heavy atom. The van der Waals surface area contributed by atoms with Gasteiger partial charge in [-0.3, -0.25) is 9.59 Å². The molecule has 0 atom stereocenters. The van der Waals surface area contributed by atoms with Gasteiger partial charge < -0.3 is 24.2 Å². The first kappa shape index (κ1) is 26.6. The Labute approximate surface area is 212 Å². The number of carboxylic acid groups (broad SMARTS) is 1. The van der Waals surface area contributed by atoms with Crippen LogP contribution in [-0.2, 0) is 24.2 Å². The molecule has 7 nitrogen and oxygen atoms in total. The molecule has 3 aromatic carbocycles. The van der Waals surface area contributed by atoms with E-state index in [1.54, 1.807) is 29.2 Å². The molecule has 0 fully saturated rings. The van der Waals surface area contributed by atoms with Crippen molar-refractivity contribution in [1.29, 1.82) is 0 Å². The van der Waals surface area contributed by atoms with Gasteiger partial charge in [0, 0.05) is 18.7 Å². The van der Waals surface area contributed by atoms with Crippen molar-refractivity contribution in [2.24, 2.45) is 0 Å². The zero-order valence-electron chi connectivity index (χ0n) is 21.2. The number of aryl methyl sites for hydroxylation is 2. The number of amides is 1. The summed E-state index contributed by atoms with van der Waals surface area (Å²) in [7, 11) is 4.56. The number of carbonyl (C=O) groups excluding carboxylic acids is 1. The van der Waals surface area contributed by atoms with Crippen LogP contribution in [-0.4, -0.2) is 49.8 Å². The summed E-state index contributed by atoms with van der Waals surface area (Å²) >= 11 is 0. The van der Waals surface area contributed by atoms with Crippen LogP contribution in [0.5, 0.6) is 17.2 Å². The van der Waals surface area contributed by atoms with E-state index in [0.29, 0.717) is 41.5 Å². The van der Waals surface area contributed by atoms with Crippen LogP contribution in [0.25, 0.3) is 0 Å². The van der Waals surface area contributed by atoms with E-state index in [2.05, 4.69) is 25.1 Å². The minimum absolute atomic E-state index is 0.0369. The van der Waals surface area contributed by atoms with Crippen LogP contribution < -0.4 is 14.2 Å². The van der Waals surface area contributed by atoms with Gasteiger partial charge in [-0.05, 0) is 48.6 Å². The smallest absolute Gasteiger partial charge is 0.307 e. The molecule has 36 heavy (non-hydrogen) atoms. The molecule has 7 heteroatoms. The topological polar surface area (TPSA) is 85.3 Å². The molecule has 190 valence electrons. The van der Waals surface area contributed by atoms with Crippen molar-refractivity contribution in [3.8, 4) is 17.2 Å². The highest BCUT2D eigenvalue weighted by molar-refractivity contribution is 5.95. The lowest BCUT2D eigenvalue weighted by molar-refractivity contribution is -0.136. The molecule has 0 heterocycles. The Hall–Kier alpha value is -4.00. The van der Waals surface area contributed by atoms with Gasteiger partial charge in [0.25, 0.3) is 5.91 Å². The van der Waals surface area contributed by atoms with Crippen molar-refractivity contribution in [1.82, 2.24) is 4.90 Å². The fourth-order valence-electron chi connectivity index (χ4n) is 4.14. The Kier molecular flexibility index (Phi) is 9.33. The molecular formula is C29H33NO6. The van der Waals surface area contributed by atoms with E-state index in [4.69, 9.17) is 19.3 Å². The Morgan fingerprint density at radius 3 is 2.03 bits per heavy atom. The molecule has 0 spiro atoms. The SMILES string of the molecule is COc1cc(C(=O)N(CCCc2cccc(C)c2)Cc2ccc(CC(=O)O)cc2)cc(OC)c1OC. The third kappa shape index (κ3) is 7.01. The van der Waals surface area contributed by atoms with Crippen molar-refractivity contribution in [3.05, 3.63) is 88.5 Å². The van der Waals surface area contributed by atoms with E-state index >= 15 is 0 Å². The summed E-state index contributed by atoms with van der Waals surface area (Å²) in [5.41, 5.74) is 4.50. The summed E-state index contributed by atoms with van der Waals surface area (Å²) in [6.45, 7) is 2.99. The average molecular weight is 492 g/mol. The van der Waals surface area contributed by atoms with Crippen LogP contribution in [0.1, 0.15) is 39.0 Å². The summed E-state index contributed by atoms with van der Waals surface area (Å²) in [6, 6.07) is 19.0. The lowest BCUT2D eigenvalue weighted by Gasteiger charge is -2.24. The van der Waals surface area contributed by atoms with Crippen LogP contribution in [0, 0.1) is 6.92 Å². The first-order chi connectivity index (χ1) is 17.3. The van der Waals surface area contributed by atoms with Gasteiger partial charge in [-0.2, -0.15) is 0 Å². The lowest BCUT2D eigenvalue weighted by Crippen LogP contribution is -2.32. The maximum absolute atomic E-state index is 13.7. The molecule has 0 aliphatic rings. The highest BCUT2D eigenvalue weighted by atomic mass is 16.5. The standard InChI is InChI=1S/C29H33NO6/c1-20-7-5-8-21(15-20)9-6-14-30(19-23-12-10-22(11-13-23)16-27(31)32)29(33)24-17-25(34-2)28(36-4)26(18-24)35-3/h5,7-8,10-13,15,17-18H,6,9,14,16,19H2,1-4H3,(H,31,32). The summed E-state index contributed by atoms with van der Waals surface area (Å²) < 4.78 is 16.3. The largest absolute Gasteiger partial charge is 0.493 e. The predicted octanol–water partition coefficient (Wildman–Crippen LogP) is 4.92. The second kappa shape index (κ2) is 12.6. The Bertz CT molecular complexity index is 1160. The molecule has 0 saturated carbocycles. The van der Waals surface area contributed by atoms with Gasteiger partial charge in [-0.1, -0.05) is 54.1 Å². The van der Waals surface area contributed by atoms with E-state index in [9.17, 15) is 9.59 Å². The molecule has 1 N–H and O–H groups in total. The van der Waals surface area contributed by atoms with Gasteiger partial charge in [0.15, 0.2) is 11.5 Å². The monoisotopic (exact) mass is 491 g/mol. The van der Waals surface area contributed by atoms with Crippen molar-refractivity contribution < 1.29 is 28.9 Å². The quantitative estimate of drug-likeness (QED) is 0.387. The summed E-state index contributed by atoms with van der Waals surface area (Å²) in [4.78, 5) is 26.5. The number of nitrogens with zero attached hydrogens (tertiary/aromatic N) is 1. The lowest BCUT2D eigenvalue weighted by atomic mass is 10.1. The second-order valence-corrected chi connectivity index (χ2v) is 8.62. The number of hydrogen-bond acceptors (Lipinski definition) is 5. The minimum Gasteiger partial charge on any atom is -0.493 e. The van der Waals surface area contributed by atoms with Crippen LogP contribution in [0.3, 0.4) is 0 Å². The highest BCUT2D eigenvalue weighted by Gasteiger charge is 2.21. The van der Waals surface area contributed by atoms with Gasteiger partial charge >= 0.3 is 5.97 Å². The normalized spacial score (nSPS) is 10.6. The second-order valence-electron chi connectivity index (χ2n) is 8.62. The fourth-order valence-corrected chi connectivity index (χ4v) is 4.14. The van der Waals surface area contributed by atoms with E-state index in [0.717, 1.165) is 18.4 Å². The van der Waals surface area contributed by atoms with Crippen molar-refractivity contribution in [3.63, 3.8) is 0 Å². The van der Waals surface area contributed by atoms with Gasteiger partial charge in [0.2, 0.25) is 5.75 Å². The zero-order chi connectivity index (χ0) is 26.1. The minimum atomic E-state index is -0.877. The zero-order valence-corrected chi connectivity index (χ0v) is 21.2. The van der Waals surface area contributed by atoms with E-state index < -0.39 is 5.97 Å². The number of benzene rings is 3. The third-order valence-electron chi connectivity index (χ3n) is 5.93. The molecule has 0 aromatic heterocycles. The van der Waals surface area contributed by atoms with Gasteiger partial charge in [-0.25, -0.2) is 0 Å². The number of methoxy groups -OCH3 is 3. The van der Waals surface area contributed by atoms with Crippen molar-refractivity contribution >= 4 is 11.9 Å². The number of aliphatic carboxylic acids is 1. The fraction of sp³-hybridized carbons (Fsp3) is 0.310. The van der Waals surface area contributed by atoms with Gasteiger partial charge in [0.05, 0.1) is 27.8 Å². The average Bonchev–Trinajstić information content (AvgIpc) is 2.87. The molecule has 3 rings (SSSR count).